The first-order valence-corrected chi connectivity index (χ1v) is 17.0. The van der Waals surface area contributed by atoms with E-state index in [1.807, 2.05) is 11.3 Å². The number of rotatable bonds is 3. The molecular weight excluding hydrogens is 585 g/mol. The summed E-state index contributed by atoms with van der Waals surface area (Å²) in [6.07, 6.45) is 0. The molecular formula is C46H28S. The Labute approximate surface area is 276 Å². The molecule has 0 saturated carbocycles. The number of hydrogen-bond donors (Lipinski definition) is 0. The van der Waals surface area contributed by atoms with Crippen LogP contribution in [0.5, 0.6) is 0 Å². The highest BCUT2D eigenvalue weighted by atomic mass is 32.1. The first-order chi connectivity index (χ1) is 23.3. The molecule has 0 amide bonds. The van der Waals surface area contributed by atoms with E-state index >= 15 is 0 Å². The van der Waals surface area contributed by atoms with Gasteiger partial charge in [0.25, 0.3) is 0 Å². The molecule has 0 aliphatic carbocycles. The predicted octanol–water partition coefficient (Wildman–Crippen LogP) is 13.7. The molecule has 1 heterocycles. The SMILES string of the molecule is c1ccc2c(-c3ccc(-c4c5ccccc5c(-c5cccc6sc7c8ccccc8ccc7c56)c5ccccc45)cc3)cccc2c1. The lowest BCUT2D eigenvalue weighted by molar-refractivity contribution is 1.63. The summed E-state index contributed by atoms with van der Waals surface area (Å²) in [6.45, 7) is 0. The highest BCUT2D eigenvalue weighted by molar-refractivity contribution is 7.26. The highest BCUT2D eigenvalue weighted by Crippen LogP contribution is 2.48. The van der Waals surface area contributed by atoms with E-state index in [1.165, 1.54) is 96.6 Å². The fourth-order valence-corrected chi connectivity index (χ4v) is 9.05. The van der Waals surface area contributed by atoms with E-state index in [4.69, 9.17) is 0 Å². The lowest BCUT2D eigenvalue weighted by Crippen LogP contribution is -1.91. The minimum Gasteiger partial charge on any atom is -0.135 e. The van der Waals surface area contributed by atoms with Crippen LogP contribution in [0.4, 0.5) is 0 Å². The van der Waals surface area contributed by atoms with Gasteiger partial charge in [-0.05, 0) is 82.5 Å². The predicted molar refractivity (Wildman–Crippen MR) is 206 cm³/mol. The lowest BCUT2D eigenvalue weighted by atomic mass is 9.84. The molecule has 0 N–H and O–H groups in total. The largest absolute Gasteiger partial charge is 0.135 e. The number of benzene rings is 9. The molecule has 0 bridgehead atoms. The maximum absolute atomic E-state index is 2.33. The fraction of sp³-hybridized carbons (Fsp3) is 0. The maximum atomic E-state index is 2.33. The summed E-state index contributed by atoms with van der Waals surface area (Å²) in [7, 11) is 0. The Morgan fingerprint density at radius 1 is 0.298 bits per heavy atom. The van der Waals surface area contributed by atoms with Crippen LogP contribution in [0.3, 0.4) is 0 Å². The van der Waals surface area contributed by atoms with Crippen LogP contribution in [0.25, 0.3) is 96.6 Å². The van der Waals surface area contributed by atoms with Crippen molar-refractivity contribution in [1.82, 2.24) is 0 Å². The van der Waals surface area contributed by atoms with Gasteiger partial charge in [-0.2, -0.15) is 0 Å². The molecule has 47 heavy (non-hydrogen) atoms. The standard InChI is InChI=1S/C46H28S/c1-3-14-33-29(11-1)13-9-20-34(33)31-23-25-32(26-24-31)43-36-16-5-7-18-38(36)44(39-19-8-6-17-37(39)43)40-21-10-22-42-45(40)41-28-27-30-12-2-4-15-35(30)46(41)47-42/h1-28H. The van der Waals surface area contributed by atoms with Crippen LogP contribution >= 0.6 is 11.3 Å². The third kappa shape index (κ3) is 4.00. The van der Waals surface area contributed by atoms with Crippen molar-refractivity contribution in [3.8, 4) is 33.4 Å². The number of hydrogen-bond acceptors (Lipinski definition) is 1. The smallest absolute Gasteiger partial charge is 0.0434 e. The van der Waals surface area contributed by atoms with Crippen molar-refractivity contribution in [2.75, 3.05) is 0 Å². The second-order valence-electron chi connectivity index (χ2n) is 12.4. The van der Waals surface area contributed by atoms with E-state index in [1.54, 1.807) is 0 Å². The molecule has 0 unspecified atom stereocenters. The molecule has 0 aliphatic rings. The molecule has 0 atom stereocenters. The van der Waals surface area contributed by atoms with Crippen LogP contribution in [-0.4, -0.2) is 0 Å². The van der Waals surface area contributed by atoms with Gasteiger partial charge in [0.15, 0.2) is 0 Å². The quantitative estimate of drug-likeness (QED) is 0.174. The van der Waals surface area contributed by atoms with Crippen LogP contribution < -0.4 is 0 Å². The third-order valence-electron chi connectivity index (χ3n) is 9.86. The molecule has 10 rings (SSSR count). The number of fused-ring (bicyclic) bond motifs is 8. The topological polar surface area (TPSA) is 0 Å². The Morgan fingerprint density at radius 2 is 0.809 bits per heavy atom. The molecule has 1 aromatic heterocycles. The summed E-state index contributed by atoms with van der Waals surface area (Å²) >= 11 is 1.91. The van der Waals surface area contributed by atoms with Crippen LogP contribution in [-0.2, 0) is 0 Å². The summed E-state index contributed by atoms with van der Waals surface area (Å²) in [6, 6.07) is 62.6. The van der Waals surface area contributed by atoms with Crippen molar-refractivity contribution in [2.24, 2.45) is 0 Å². The molecule has 0 radical (unpaired) electrons. The molecule has 10 aromatic rings. The van der Waals surface area contributed by atoms with E-state index < -0.39 is 0 Å². The zero-order valence-corrected chi connectivity index (χ0v) is 26.4. The second-order valence-corrected chi connectivity index (χ2v) is 13.4. The normalized spacial score (nSPS) is 11.8. The second kappa shape index (κ2) is 10.4. The van der Waals surface area contributed by atoms with E-state index in [2.05, 4.69) is 170 Å². The van der Waals surface area contributed by atoms with Crippen molar-refractivity contribution in [1.29, 1.82) is 0 Å². The maximum Gasteiger partial charge on any atom is 0.0434 e. The Kier molecular flexibility index (Phi) is 5.85. The van der Waals surface area contributed by atoms with Crippen molar-refractivity contribution in [3.05, 3.63) is 170 Å². The Balaban J connectivity index is 1.24. The molecule has 0 spiro atoms. The zero-order chi connectivity index (χ0) is 30.9. The minimum atomic E-state index is 1.23. The van der Waals surface area contributed by atoms with Crippen LogP contribution in [0.1, 0.15) is 0 Å². The molecule has 0 nitrogen and oxygen atoms in total. The monoisotopic (exact) mass is 612 g/mol. The van der Waals surface area contributed by atoms with Gasteiger partial charge < -0.3 is 0 Å². The summed E-state index contributed by atoms with van der Waals surface area (Å²) in [5, 5.41) is 13.0. The zero-order valence-electron chi connectivity index (χ0n) is 25.6. The first-order valence-electron chi connectivity index (χ1n) is 16.2. The Bertz CT molecular complexity index is 2770. The summed E-state index contributed by atoms with van der Waals surface area (Å²) in [5.74, 6) is 0. The third-order valence-corrected chi connectivity index (χ3v) is 11.1. The molecule has 218 valence electrons. The van der Waals surface area contributed by atoms with Gasteiger partial charge in [0.05, 0.1) is 0 Å². The van der Waals surface area contributed by atoms with Crippen LogP contribution in [0.2, 0.25) is 0 Å². The molecule has 0 fully saturated rings. The van der Waals surface area contributed by atoms with Crippen LogP contribution in [0.15, 0.2) is 170 Å². The van der Waals surface area contributed by atoms with Crippen molar-refractivity contribution >= 4 is 74.6 Å². The van der Waals surface area contributed by atoms with E-state index in [9.17, 15) is 0 Å². The van der Waals surface area contributed by atoms with E-state index in [0.717, 1.165) is 0 Å². The van der Waals surface area contributed by atoms with Crippen molar-refractivity contribution in [3.63, 3.8) is 0 Å². The minimum absolute atomic E-state index is 1.23. The summed E-state index contributed by atoms with van der Waals surface area (Å²) in [5.41, 5.74) is 7.64. The molecule has 0 saturated heterocycles. The Hall–Kier alpha value is -5.76. The molecule has 0 aliphatic heterocycles. The van der Waals surface area contributed by atoms with Gasteiger partial charge in [-0.1, -0.05) is 164 Å². The van der Waals surface area contributed by atoms with Crippen molar-refractivity contribution < 1.29 is 0 Å². The van der Waals surface area contributed by atoms with E-state index in [0.29, 0.717) is 0 Å². The lowest BCUT2D eigenvalue weighted by Gasteiger charge is -2.18. The van der Waals surface area contributed by atoms with E-state index in [-0.39, 0.29) is 0 Å². The Morgan fingerprint density at radius 3 is 1.51 bits per heavy atom. The fourth-order valence-electron chi connectivity index (χ4n) is 7.79. The average Bonchev–Trinajstić information content (AvgIpc) is 3.54. The van der Waals surface area contributed by atoms with Gasteiger partial charge in [-0.3, -0.25) is 0 Å². The molecule has 1 heteroatoms. The van der Waals surface area contributed by atoms with Gasteiger partial charge in [0.2, 0.25) is 0 Å². The molecule has 9 aromatic carbocycles. The summed E-state index contributed by atoms with van der Waals surface area (Å²) in [4.78, 5) is 0. The number of thiophene rings is 1. The van der Waals surface area contributed by atoms with Gasteiger partial charge >= 0.3 is 0 Å². The van der Waals surface area contributed by atoms with Gasteiger partial charge in [0, 0.05) is 20.2 Å². The van der Waals surface area contributed by atoms with Crippen molar-refractivity contribution in [2.45, 2.75) is 0 Å². The van der Waals surface area contributed by atoms with Gasteiger partial charge in [-0.15, -0.1) is 11.3 Å². The average molecular weight is 613 g/mol. The van der Waals surface area contributed by atoms with Gasteiger partial charge in [0.1, 0.15) is 0 Å². The van der Waals surface area contributed by atoms with Gasteiger partial charge in [-0.25, -0.2) is 0 Å². The summed E-state index contributed by atoms with van der Waals surface area (Å²) < 4.78 is 2.69. The first kappa shape index (κ1) is 26.5. The van der Waals surface area contributed by atoms with Crippen LogP contribution in [0, 0.1) is 0 Å². The highest BCUT2D eigenvalue weighted by Gasteiger charge is 2.20.